The Hall–Kier alpha value is -0.710. The van der Waals surface area contributed by atoms with Gasteiger partial charge in [-0.1, -0.05) is 34.1 Å². The third kappa shape index (κ3) is 2.70. The number of benzene rings is 1. The molecule has 1 N–H and O–H groups in total. The Labute approximate surface area is 108 Å². The van der Waals surface area contributed by atoms with Gasteiger partial charge in [-0.3, -0.25) is 0 Å². The van der Waals surface area contributed by atoms with Crippen molar-refractivity contribution in [3.8, 4) is 11.5 Å². The van der Waals surface area contributed by atoms with Crippen LogP contribution in [0.1, 0.15) is 5.56 Å². The average molecular weight is 305 g/mol. The van der Waals surface area contributed by atoms with E-state index in [-0.39, 0.29) is 6.79 Å². The second kappa shape index (κ2) is 5.08. The normalized spacial score (nSPS) is 12.9. The van der Waals surface area contributed by atoms with E-state index in [1.165, 1.54) is 0 Å². The summed E-state index contributed by atoms with van der Waals surface area (Å²) >= 11 is 9.15. The Morgan fingerprint density at radius 1 is 1.44 bits per heavy atom. The minimum atomic E-state index is 0.289. The third-order valence-electron chi connectivity index (χ3n) is 2.17. The Kier molecular flexibility index (Phi) is 3.74. The smallest absolute Gasteiger partial charge is 0.231 e. The number of hydrogen-bond donors (Lipinski definition) is 1. The molecule has 0 unspecified atom stereocenters. The predicted octanol–water partition coefficient (Wildman–Crippen LogP) is 3.02. The largest absolute Gasteiger partial charge is 0.454 e. The van der Waals surface area contributed by atoms with Crippen LogP contribution in [0.25, 0.3) is 0 Å². The highest BCUT2D eigenvalue weighted by atomic mass is 79.9. The molecule has 5 heteroatoms. The van der Waals surface area contributed by atoms with E-state index in [0.29, 0.717) is 18.1 Å². The number of ether oxygens (including phenoxy) is 2. The van der Waals surface area contributed by atoms with Gasteiger partial charge in [-0.15, -0.1) is 0 Å². The molecule has 1 aliphatic rings. The molecule has 0 bridgehead atoms. The van der Waals surface area contributed by atoms with Gasteiger partial charge in [0.2, 0.25) is 6.79 Å². The van der Waals surface area contributed by atoms with Gasteiger partial charge in [0.25, 0.3) is 0 Å². The lowest BCUT2D eigenvalue weighted by Crippen LogP contribution is -2.14. The van der Waals surface area contributed by atoms with Crippen LogP contribution in [0.4, 0.5) is 0 Å². The van der Waals surface area contributed by atoms with Gasteiger partial charge in [-0.05, 0) is 17.7 Å². The molecule has 0 aromatic heterocycles. The molecule has 3 nitrogen and oxygen atoms in total. The van der Waals surface area contributed by atoms with E-state index < -0.39 is 0 Å². The summed E-state index contributed by atoms with van der Waals surface area (Å²) in [5.74, 6) is 1.56. The topological polar surface area (TPSA) is 30.5 Å². The standard InChI is InChI=1S/C11H11BrClNO2/c1-7(13)4-14-5-8-2-10-11(3-9(8)12)16-6-15-10/h2-3,14H,1,4-6H2. The van der Waals surface area contributed by atoms with Gasteiger partial charge in [0.05, 0.1) is 0 Å². The van der Waals surface area contributed by atoms with Crippen LogP contribution in [0.3, 0.4) is 0 Å². The van der Waals surface area contributed by atoms with Gasteiger partial charge in [0.15, 0.2) is 11.5 Å². The molecule has 86 valence electrons. The lowest BCUT2D eigenvalue weighted by molar-refractivity contribution is 0.174. The minimum absolute atomic E-state index is 0.289. The molecular formula is C11H11BrClNO2. The van der Waals surface area contributed by atoms with Crippen molar-refractivity contribution in [3.63, 3.8) is 0 Å². The number of fused-ring (bicyclic) bond motifs is 1. The fourth-order valence-electron chi connectivity index (χ4n) is 1.43. The molecule has 0 radical (unpaired) electrons. The van der Waals surface area contributed by atoms with Crippen LogP contribution in [0.15, 0.2) is 28.2 Å². The summed E-state index contributed by atoms with van der Waals surface area (Å²) in [6.07, 6.45) is 0. The van der Waals surface area contributed by atoms with E-state index in [0.717, 1.165) is 21.5 Å². The van der Waals surface area contributed by atoms with Crippen LogP contribution in [-0.2, 0) is 6.54 Å². The SMILES string of the molecule is C=C(Cl)CNCc1cc2c(cc1Br)OCO2. The van der Waals surface area contributed by atoms with Gasteiger partial charge in [0.1, 0.15) is 0 Å². The van der Waals surface area contributed by atoms with Crippen molar-refractivity contribution < 1.29 is 9.47 Å². The van der Waals surface area contributed by atoms with Gasteiger partial charge in [-0.2, -0.15) is 0 Å². The summed E-state index contributed by atoms with van der Waals surface area (Å²) in [7, 11) is 0. The zero-order chi connectivity index (χ0) is 11.5. The van der Waals surface area contributed by atoms with Gasteiger partial charge in [0, 0.05) is 22.6 Å². The maximum Gasteiger partial charge on any atom is 0.231 e. The number of nitrogens with one attached hydrogen (secondary N) is 1. The van der Waals surface area contributed by atoms with Crippen LogP contribution in [-0.4, -0.2) is 13.3 Å². The summed E-state index contributed by atoms with van der Waals surface area (Å²) in [5.41, 5.74) is 1.10. The first-order chi connectivity index (χ1) is 7.66. The Bertz CT molecular complexity index is 423. The molecule has 0 aliphatic carbocycles. The summed E-state index contributed by atoms with van der Waals surface area (Å²) in [6.45, 7) is 5.19. The molecule has 1 heterocycles. The molecule has 0 saturated heterocycles. The van der Waals surface area contributed by atoms with Gasteiger partial charge < -0.3 is 14.8 Å². The average Bonchev–Trinajstić information content (AvgIpc) is 2.64. The fraction of sp³-hybridized carbons (Fsp3) is 0.273. The molecule has 0 fully saturated rings. The van der Waals surface area contributed by atoms with Crippen LogP contribution < -0.4 is 14.8 Å². The molecule has 2 rings (SSSR count). The van der Waals surface area contributed by atoms with Crippen molar-refractivity contribution >= 4 is 27.5 Å². The van der Waals surface area contributed by atoms with Crippen LogP contribution in [0.2, 0.25) is 0 Å². The second-order valence-corrected chi connectivity index (χ2v) is 4.81. The Morgan fingerprint density at radius 2 is 2.12 bits per heavy atom. The van der Waals surface area contributed by atoms with E-state index in [9.17, 15) is 0 Å². The molecule has 0 amide bonds. The molecule has 0 spiro atoms. The number of rotatable bonds is 4. The minimum Gasteiger partial charge on any atom is -0.454 e. The van der Waals surface area contributed by atoms with Gasteiger partial charge >= 0.3 is 0 Å². The molecule has 1 aliphatic heterocycles. The number of halogens is 2. The van der Waals surface area contributed by atoms with Crippen molar-refractivity contribution in [2.75, 3.05) is 13.3 Å². The van der Waals surface area contributed by atoms with Crippen molar-refractivity contribution in [1.82, 2.24) is 5.32 Å². The Balaban J connectivity index is 2.06. The molecule has 16 heavy (non-hydrogen) atoms. The van der Waals surface area contributed by atoms with E-state index in [2.05, 4.69) is 27.8 Å². The highest BCUT2D eigenvalue weighted by molar-refractivity contribution is 9.10. The zero-order valence-corrected chi connectivity index (χ0v) is 10.9. The first-order valence-electron chi connectivity index (χ1n) is 4.79. The van der Waals surface area contributed by atoms with Crippen LogP contribution in [0.5, 0.6) is 11.5 Å². The third-order valence-corrected chi connectivity index (χ3v) is 3.05. The summed E-state index contributed by atoms with van der Waals surface area (Å²) in [6, 6.07) is 3.87. The van der Waals surface area contributed by atoms with Crippen molar-refractivity contribution in [1.29, 1.82) is 0 Å². The molecular weight excluding hydrogens is 293 g/mol. The maximum absolute atomic E-state index is 5.66. The lowest BCUT2D eigenvalue weighted by atomic mass is 10.2. The summed E-state index contributed by atoms with van der Waals surface area (Å²) in [4.78, 5) is 0. The Morgan fingerprint density at radius 3 is 2.81 bits per heavy atom. The fourth-order valence-corrected chi connectivity index (χ4v) is 1.98. The quantitative estimate of drug-likeness (QED) is 0.927. The summed E-state index contributed by atoms with van der Waals surface area (Å²) in [5, 5.41) is 3.77. The maximum atomic E-state index is 5.66. The molecule has 1 aromatic carbocycles. The van der Waals surface area contributed by atoms with E-state index >= 15 is 0 Å². The first-order valence-corrected chi connectivity index (χ1v) is 5.96. The van der Waals surface area contributed by atoms with Crippen molar-refractivity contribution in [2.24, 2.45) is 0 Å². The summed E-state index contributed by atoms with van der Waals surface area (Å²) < 4.78 is 11.6. The number of hydrogen-bond acceptors (Lipinski definition) is 3. The second-order valence-electron chi connectivity index (χ2n) is 3.42. The van der Waals surface area contributed by atoms with E-state index in [4.69, 9.17) is 21.1 Å². The van der Waals surface area contributed by atoms with Crippen LogP contribution in [0, 0.1) is 0 Å². The predicted molar refractivity (Wildman–Crippen MR) is 67.0 cm³/mol. The lowest BCUT2D eigenvalue weighted by Gasteiger charge is -2.07. The van der Waals surface area contributed by atoms with E-state index in [1.54, 1.807) is 0 Å². The van der Waals surface area contributed by atoms with Gasteiger partial charge in [-0.25, -0.2) is 0 Å². The first kappa shape index (κ1) is 11.8. The molecule has 0 atom stereocenters. The van der Waals surface area contributed by atoms with Crippen LogP contribution >= 0.6 is 27.5 Å². The van der Waals surface area contributed by atoms with E-state index in [1.807, 2.05) is 12.1 Å². The molecule has 0 saturated carbocycles. The highest BCUT2D eigenvalue weighted by Crippen LogP contribution is 2.36. The van der Waals surface area contributed by atoms with Crippen molar-refractivity contribution in [3.05, 3.63) is 33.8 Å². The molecule has 1 aromatic rings. The van der Waals surface area contributed by atoms with Crippen molar-refractivity contribution in [2.45, 2.75) is 6.54 Å². The monoisotopic (exact) mass is 303 g/mol. The highest BCUT2D eigenvalue weighted by Gasteiger charge is 2.15. The zero-order valence-electron chi connectivity index (χ0n) is 8.56.